The van der Waals surface area contributed by atoms with Gasteiger partial charge in [-0.1, -0.05) is 6.07 Å². The van der Waals surface area contributed by atoms with Gasteiger partial charge in [-0.25, -0.2) is 4.39 Å². The van der Waals surface area contributed by atoms with Gasteiger partial charge in [0.05, 0.1) is 7.11 Å². The zero-order chi connectivity index (χ0) is 13.8. The minimum atomic E-state index is -0.558. The van der Waals surface area contributed by atoms with Crippen LogP contribution in [0.1, 0.15) is 18.4 Å². The fourth-order valence-corrected chi connectivity index (χ4v) is 1.76. The summed E-state index contributed by atoms with van der Waals surface area (Å²) in [6.07, 6.45) is 2.10. The van der Waals surface area contributed by atoms with E-state index < -0.39 is 11.9 Å². The van der Waals surface area contributed by atoms with E-state index in [-0.39, 0.29) is 18.3 Å². The lowest BCUT2D eigenvalue weighted by molar-refractivity contribution is -0.144. The van der Waals surface area contributed by atoms with Crippen LogP contribution >= 0.6 is 0 Å². The number of carbonyl (C=O) groups excluding carboxylic acids is 1. The van der Waals surface area contributed by atoms with Crippen LogP contribution in [0.3, 0.4) is 0 Å². The Bertz CT molecular complexity index is 460. The maximum absolute atomic E-state index is 13.5. The van der Waals surface area contributed by atoms with Crippen LogP contribution in [0.25, 0.3) is 0 Å². The molecule has 1 unspecified atom stereocenters. The number of hydrogen-bond donors (Lipinski definition) is 1. The Hall–Kier alpha value is -1.62. The number of benzene rings is 1. The first-order valence-electron chi connectivity index (χ1n) is 6.33. The summed E-state index contributed by atoms with van der Waals surface area (Å²) in [5.74, 6) is -0.660. The van der Waals surface area contributed by atoms with Gasteiger partial charge in [-0.2, -0.15) is 0 Å². The lowest BCUT2D eigenvalue weighted by atomic mass is 10.2. The number of rotatable bonds is 6. The molecule has 0 saturated heterocycles. The first kappa shape index (κ1) is 13.8. The number of ether oxygens (including phenoxy) is 2. The van der Waals surface area contributed by atoms with Crippen LogP contribution in [0.4, 0.5) is 4.39 Å². The Morgan fingerprint density at radius 3 is 2.89 bits per heavy atom. The molecule has 1 aromatic rings. The largest absolute Gasteiger partial charge is 0.488 e. The van der Waals surface area contributed by atoms with Gasteiger partial charge in [-0.05, 0) is 37.5 Å². The van der Waals surface area contributed by atoms with Crippen molar-refractivity contribution < 1.29 is 18.7 Å². The van der Waals surface area contributed by atoms with Gasteiger partial charge in [0.15, 0.2) is 11.6 Å². The molecule has 5 heteroatoms. The average Bonchev–Trinajstić information content (AvgIpc) is 3.21. The van der Waals surface area contributed by atoms with Crippen molar-refractivity contribution in [2.24, 2.45) is 0 Å². The quantitative estimate of drug-likeness (QED) is 0.798. The zero-order valence-electron chi connectivity index (χ0n) is 11.1. The number of methoxy groups -OCH3 is 1. The number of carbonyl (C=O) groups is 1. The SMILES string of the molecule is COC(=O)C(COc1cc(C)ccc1F)NC1CC1. The van der Waals surface area contributed by atoms with E-state index in [9.17, 15) is 9.18 Å². The highest BCUT2D eigenvalue weighted by molar-refractivity contribution is 5.76. The second kappa shape index (κ2) is 6.02. The van der Waals surface area contributed by atoms with Crippen molar-refractivity contribution >= 4 is 5.97 Å². The van der Waals surface area contributed by atoms with Gasteiger partial charge in [-0.3, -0.25) is 10.1 Å². The van der Waals surface area contributed by atoms with Crippen molar-refractivity contribution in [3.05, 3.63) is 29.6 Å². The minimum absolute atomic E-state index is 0.0591. The van der Waals surface area contributed by atoms with Crippen molar-refractivity contribution in [3.63, 3.8) is 0 Å². The van der Waals surface area contributed by atoms with Crippen molar-refractivity contribution in [1.82, 2.24) is 5.32 Å². The predicted octanol–water partition coefficient (Wildman–Crippen LogP) is 1.81. The molecule has 0 radical (unpaired) electrons. The molecule has 0 aromatic heterocycles. The van der Waals surface area contributed by atoms with E-state index in [0.29, 0.717) is 6.04 Å². The Labute approximate surface area is 111 Å². The number of aryl methyl sites for hydroxylation is 1. The lowest BCUT2D eigenvalue weighted by Gasteiger charge is -2.17. The van der Waals surface area contributed by atoms with E-state index in [1.807, 2.05) is 6.92 Å². The molecule has 1 N–H and O–H groups in total. The summed E-state index contributed by atoms with van der Waals surface area (Å²) in [6, 6.07) is 4.42. The number of nitrogens with one attached hydrogen (secondary N) is 1. The average molecular weight is 267 g/mol. The van der Waals surface area contributed by atoms with Gasteiger partial charge in [-0.15, -0.1) is 0 Å². The van der Waals surface area contributed by atoms with Crippen molar-refractivity contribution in [1.29, 1.82) is 0 Å². The third kappa shape index (κ3) is 3.92. The monoisotopic (exact) mass is 267 g/mol. The molecule has 1 aliphatic rings. The second-order valence-corrected chi connectivity index (χ2v) is 4.76. The Morgan fingerprint density at radius 2 is 2.26 bits per heavy atom. The Morgan fingerprint density at radius 1 is 1.53 bits per heavy atom. The molecule has 0 amide bonds. The second-order valence-electron chi connectivity index (χ2n) is 4.76. The molecule has 0 aliphatic heterocycles. The maximum atomic E-state index is 13.5. The first-order valence-corrected chi connectivity index (χ1v) is 6.33. The normalized spacial score (nSPS) is 15.9. The minimum Gasteiger partial charge on any atom is -0.488 e. The summed E-state index contributed by atoms with van der Waals surface area (Å²) in [5.41, 5.74) is 0.904. The van der Waals surface area contributed by atoms with E-state index in [1.54, 1.807) is 12.1 Å². The Kier molecular flexibility index (Phi) is 4.37. The van der Waals surface area contributed by atoms with E-state index >= 15 is 0 Å². The standard InChI is InChI=1S/C14H18FNO3/c1-9-3-6-11(15)13(7-9)19-8-12(14(17)18-2)16-10-4-5-10/h3,6-7,10,12,16H,4-5,8H2,1-2H3. The molecule has 1 aromatic carbocycles. The van der Waals surface area contributed by atoms with Crippen LogP contribution in [-0.2, 0) is 9.53 Å². The van der Waals surface area contributed by atoms with Crippen LogP contribution in [0.15, 0.2) is 18.2 Å². The third-order valence-corrected chi connectivity index (χ3v) is 2.99. The van der Waals surface area contributed by atoms with Crippen LogP contribution in [-0.4, -0.2) is 31.8 Å². The van der Waals surface area contributed by atoms with Gasteiger partial charge in [0.25, 0.3) is 0 Å². The zero-order valence-corrected chi connectivity index (χ0v) is 11.1. The van der Waals surface area contributed by atoms with Crippen LogP contribution in [0, 0.1) is 12.7 Å². The van der Waals surface area contributed by atoms with Crippen LogP contribution in [0.2, 0.25) is 0 Å². The van der Waals surface area contributed by atoms with E-state index in [2.05, 4.69) is 5.32 Å². The molecule has 1 atom stereocenters. The van der Waals surface area contributed by atoms with E-state index in [1.165, 1.54) is 13.2 Å². The van der Waals surface area contributed by atoms with Crippen LogP contribution in [0.5, 0.6) is 5.75 Å². The molecule has 2 rings (SSSR count). The van der Waals surface area contributed by atoms with Crippen molar-refractivity contribution in [2.75, 3.05) is 13.7 Å². The summed E-state index contributed by atoms with van der Waals surface area (Å²) in [4.78, 5) is 11.6. The molecule has 1 fully saturated rings. The summed E-state index contributed by atoms with van der Waals surface area (Å²) >= 11 is 0. The molecular weight excluding hydrogens is 249 g/mol. The smallest absolute Gasteiger partial charge is 0.326 e. The lowest BCUT2D eigenvalue weighted by Crippen LogP contribution is -2.43. The molecule has 19 heavy (non-hydrogen) atoms. The number of esters is 1. The van der Waals surface area contributed by atoms with E-state index in [0.717, 1.165) is 18.4 Å². The molecule has 104 valence electrons. The molecular formula is C14H18FNO3. The van der Waals surface area contributed by atoms with E-state index in [4.69, 9.17) is 9.47 Å². The summed E-state index contributed by atoms with van der Waals surface area (Å²) < 4.78 is 23.6. The van der Waals surface area contributed by atoms with Gasteiger partial charge in [0.2, 0.25) is 0 Å². The highest BCUT2D eigenvalue weighted by Crippen LogP contribution is 2.21. The van der Waals surface area contributed by atoms with Crippen LogP contribution < -0.4 is 10.1 Å². The maximum Gasteiger partial charge on any atom is 0.326 e. The third-order valence-electron chi connectivity index (χ3n) is 2.99. The highest BCUT2D eigenvalue weighted by atomic mass is 19.1. The van der Waals surface area contributed by atoms with Gasteiger partial charge < -0.3 is 9.47 Å². The van der Waals surface area contributed by atoms with Gasteiger partial charge in [0.1, 0.15) is 12.6 Å². The van der Waals surface area contributed by atoms with Gasteiger partial charge in [0, 0.05) is 6.04 Å². The Balaban J connectivity index is 1.96. The molecule has 1 saturated carbocycles. The summed E-state index contributed by atoms with van der Waals surface area (Å²) in [7, 11) is 1.33. The predicted molar refractivity (Wildman–Crippen MR) is 68.6 cm³/mol. The molecule has 0 bridgehead atoms. The molecule has 0 spiro atoms. The summed E-state index contributed by atoms with van der Waals surface area (Å²) in [6.45, 7) is 1.91. The number of halogens is 1. The fourth-order valence-electron chi connectivity index (χ4n) is 1.76. The van der Waals surface area contributed by atoms with Crippen molar-refractivity contribution in [3.8, 4) is 5.75 Å². The molecule has 0 heterocycles. The number of hydrogen-bond acceptors (Lipinski definition) is 4. The first-order chi connectivity index (χ1) is 9.10. The molecule has 4 nitrogen and oxygen atoms in total. The molecule has 1 aliphatic carbocycles. The van der Waals surface area contributed by atoms with Gasteiger partial charge >= 0.3 is 5.97 Å². The highest BCUT2D eigenvalue weighted by Gasteiger charge is 2.29. The topological polar surface area (TPSA) is 47.6 Å². The summed E-state index contributed by atoms with van der Waals surface area (Å²) in [5, 5.41) is 3.12. The van der Waals surface area contributed by atoms with Crippen molar-refractivity contribution in [2.45, 2.75) is 31.8 Å². The fraction of sp³-hybridized carbons (Fsp3) is 0.500.